The zero-order valence-electron chi connectivity index (χ0n) is 13.5. The van der Waals surface area contributed by atoms with E-state index in [0.717, 1.165) is 5.56 Å². The van der Waals surface area contributed by atoms with Crippen LogP contribution < -0.4 is 15.2 Å². The maximum Gasteiger partial charge on any atom is 0.262 e. The molecule has 0 aliphatic carbocycles. The van der Waals surface area contributed by atoms with E-state index in [1.54, 1.807) is 32.0 Å². The molecule has 0 heterocycles. The van der Waals surface area contributed by atoms with Crippen molar-refractivity contribution >= 4 is 49.1 Å². The first-order valence-corrected chi connectivity index (χ1v) is 9.81. The second-order valence-electron chi connectivity index (χ2n) is 5.37. The third kappa shape index (κ3) is 5.18. The van der Waals surface area contributed by atoms with Crippen molar-refractivity contribution in [1.82, 2.24) is 0 Å². The highest BCUT2D eigenvalue weighted by atomic mass is 79.9. The first kappa shape index (κ1) is 19.7. The fraction of sp³-hybridized carbons (Fsp3) is 0.188. The minimum Gasteiger partial charge on any atom is -0.483 e. The Balaban J connectivity index is 2.14. The molecule has 9 heteroatoms. The van der Waals surface area contributed by atoms with Crippen LogP contribution >= 0.6 is 27.5 Å². The minimum atomic E-state index is -3.87. The summed E-state index contributed by atoms with van der Waals surface area (Å²) in [4.78, 5) is 12.1. The van der Waals surface area contributed by atoms with Crippen molar-refractivity contribution in [1.29, 1.82) is 0 Å². The molecular weight excluding hydrogens is 432 g/mol. The second kappa shape index (κ2) is 7.74. The SMILES string of the molecule is Cc1cc(S(N)(=O)=O)cc(NC(=O)COc2ccc(Cl)cc2Br)c1C. The van der Waals surface area contributed by atoms with E-state index in [1.807, 2.05) is 0 Å². The van der Waals surface area contributed by atoms with E-state index in [0.29, 0.717) is 26.5 Å². The second-order valence-corrected chi connectivity index (χ2v) is 8.22. The van der Waals surface area contributed by atoms with Crippen LogP contribution in [0.15, 0.2) is 39.7 Å². The quantitative estimate of drug-likeness (QED) is 0.734. The van der Waals surface area contributed by atoms with Crippen molar-refractivity contribution in [3.05, 3.63) is 51.0 Å². The van der Waals surface area contributed by atoms with Crippen molar-refractivity contribution < 1.29 is 17.9 Å². The van der Waals surface area contributed by atoms with Gasteiger partial charge in [0.05, 0.1) is 9.37 Å². The molecule has 0 unspecified atom stereocenters. The van der Waals surface area contributed by atoms with E-state index in [9.17, 15) is 13.2 Å². The number of rotatable bonds is 5. The zero-order chi connectivity index (χ0) is 18.8. The molecule has 0 atom stereocenters. The summed E-state index contributed by atoms with van der Waals surface area (Å²) in [5.74, 6) is 0.0293. The van der Waals surface area contributed by atoms with Gasteiger partial charge in [-0.1, -0.05) is 11.6 Å². The van der Waals surface area contributed by atoms with Crippen LogP contribution in [0.5, 0.6) is 5.75 Å². The Morgan fingerprint density at radius 1 is 1.28 bits per heavy atom. The number of anilines is 1. The van der Waals surface area contributed by atoms with Gasteiger partial charge in [0.2, 0.25) is 10.0 Å². The molecule has 0 saturated carbocycles. The minimum absolute atomic E-state index is 0.0627. The predicted octanol–water partition coefficient (Wildman–Crippen LogP) is 3.38. The molecule has 6 nitrogen and oxygen atoms in total. The van der Waals surface area contributed by atoms with E-state index in [4.69, 9.17) is 21.5 Å². The van der Waals surface area contributed by atoms with Gasteiger partial charge < -0.3 is 10.1 Å². The fourth-order valence-electron chi connectivity index (χ4n) is 2.04. The van der Waals surface area contributed by atoms with Gasteiger partial charge in [0.25, 0.3) is 5.91 Å². The molecule has 1 amide bonds. The topological polar surface area (TPSA) is 98.5 Å². The Morgan fingerprint density at radius 3 is 2.56 bits per heavy atom. The van der Waals surface area contributed by atoms with Crippen LogP contribution in [0.1, 0.15) is 11.1 Å². The molecular formula is C16H16BrClN2O4S. The standard InChI is InChI=1S/C16H16BrClN2O4S/c1-9-5-12(25(19,22)23)7-14(10(9)2)20-16(21)8-24-15-4-3-11(18)6-13(15)17/h3-7H,8H2,1-2H3,(H,20,21)(H2,19,22,23). The maximum absolute atomic E-state index is 12.1. The number of aryl methyl sites for hydroxylation is 1. The normalized spacial score (nSPS) is 11.2. The molecule has 0 aromatic heterocycles. The molecule has 0 aliphatic heterocycles. The lowest BCUT2D eigenvalue weighted by atomic mass is 10.1. The predicted molar refractivity (Wildman–Crippen MR) is 101 cm³/mol. The van der Waals surface area contributed by atoms with Crippen LogP contribution in [0, 0.1) is 13.8 Å². The molecule has 0 bridgehead atoms. The van der Waals surface area contributed by atoms with Gasteiger partial charge in [-0.2, -0.15) is 0 Å². The van der Waals surface area contributed by atoms with Gasteiger partial charge in [-0.25, -0.2) is 13.6 Å². The molecule has 0 fully saturated rings. The Labute approximate surface area is 159 Å². The summed E-state index contributed by atoms with van der Waals surface area (Å²) in [6, 6.07) is 7.71. The highest BCUT2D eigenvalue weighted by molar-refractivity contribution is 9.10. The number of hydrogen-bond donors (Lipinski definition) is 2. The van der Waals surface area contributed by atoms with Gasteiger partial charge in [0.15, 0.2) is 6.61 Å². The number of ether oxygens (including phenoxy) is 1. The number of nitrogens with two attached hydrogens (primary N) is 1. The van der Waals surface area contributed by atoms with E-state index < -0.39 is 15.9 Å². The number of benzene rings is 2. The largest absolute Gasteiger partial charge is 0.483 e. The fourth-order valence-corrected chi connectivity index (χ4v) is 3.46. The lowest BCUT2D eigenvalue weighted by Gasteiger charge is -2.13. The number of carbonyl (C=O) groups is 1. The smallest absolute Gasteiger partial charge is 0.262 e. The van der Waals surface area contributed by atoms with Gasteiger partial charge in [-0.15, -0.1) is 0 Å². The molecule has 2 aromatic rings. The number of sulfonamides is 1. The van der Waals surface area contributed by atoms with E-state index in [-0.39, 0.29) is 11.5 Å². The molecule has 3 N–H and O–H groups in total. The molecule has 0 saturated heterocycles. The summed E-state index contributed by atoms with van der Waals surface area (Å²) >= 11 is 9.14. The van der Waals surface area contributed by atoms with Gasteiger partial charge in [-0.05, 0) is 71.2 Å². The third-order valence-corrected chi connectivity index (χ3v) is 5.24. The van der Waals surface area contributed by atoms with Crippen LogP contribution in [0.25, 0.3) is 0 Å². The van der Waals surface area contributed by atoms with E-state index >= 15 is 0 Å². The Hall–Kier alpha value is -1.61. The number of primary sulfonamides is 1. The summed E-state index contributed by atoms with van der Waals surface area (Å²) in [7, 11) is -3.87. The van der Waals surface area contributed by atoms with Crippen molar-refractivity contribution in [2.24, 2.45) is 5.14 Å². The van der Waals surface area contributed by atoms with Gasteiger partial charge >= 0.3 is 0 Å². The summed E-state index contributed by atoms with van der Waals surface area (Å²) in [6.07, 6.45) is 0. The Kier molecular flexibility index (Phi) is 6.10. The van der Waals surface area contributed by atoms with Crippen molar-refractivity contribution in [2.45, 2.75) is 18.7 Å². The summed E-state index contributed by atoms with van der Waals surface area (Å²) in [6.45, 7) is 3.26. The highest BCUT2D eigenvalue weighted by Crippen LogP contribution is 2.28. The van der Waals surface area contributed by atoms with Crippen LogP contribution in [0.3, 0.4) is 0 Å². The first-order valence-electron chi connectivity index (χ1n) is 7.09. The van der Waals surface area contributed by atoms with Crippen LogP contribution in [-0.2, 0) is 14.8 Å². The van der Waals surface area contributed by atoms with Gasteiger partial charge in [0.1, 0.15) is 5.75 Å². The van der Waals surface area contributed by atoms with Crippen molar-refractivity contribution in [3.63, 3.8) is 0 Å². The lowest BCUT2D eigenvalue weighted by molar-refractivity contribution is -0.118. The van der Waals surface area contributed by atoms with Crippen molar-refractivity contribution in [3.8, 4) is 5.75 Å². The number of carbonyl (C=O) groups excluding carboxylic acids is 1. The van der Waals surface area contributed by atoms with Crippen molar-refractivity contribution in [2.75, 3.05) is 11.9 Å². The highest BCUT2D eigenvalue weighted by Gasteiger charge is 2.15. The molecule has 0 aliphatic rings. The molecule has 134 valence electrons. The molecule has 0 radical (unpaired) electrons. The number of amides is 1. The average Bonchev–Trinajstić information content (AvgIpc) is 2.49. The van der Waals surface area contributed by atoms with E-state index in [2.05, 4.69) is 21.2 Å². The van der Waals surface area contributed by atoms with Crippen LogP contribution in [0.2, 0.25) is 5.02 Å². The van der Waals surface area contributed by atoms with E-state index in [1.165, 1.54) is 12.1 Å². The molecule has 2 aromatic carbocycles. The lowest BCUT2D eigenvalue weighted by Crippen LogP contribution is -2.21. The van der Waals surface area contributed by atoms with Gasteiger partial charge in [-0.3, -0.25) is 4.79 Å². The Bertz CT molecular complexity index is 932. The first-order chi connectivity index (χ1) is 11.6. The number of halogens is 2. The Morgan fingerprint density at radius 2 is 1.96 bits per heavy atom. The number of nitrogens with one attached hydrogen (secondary N) is 1. The average molecular weight is 448 g/mol. The number of hydrogen-bond acceptors (Lipinski definition) is 4. The van der Waals surface area contributed by atoms with Gasteiger partial charge in [0, 0.05) is 10.7 Å². The monoisotopic (exact) mass is 446 g/mol. The summed E-state index contributed by atoms with van der Waals surface area (Å²) < 4.78 is 29.1. The summed E-state index contributed by atoms with van der Waals surface area (Å²) in [5, 5.41) is 8.33. The van der Waals surface area contributed by atoms with Crippen LogP contribution in [0.4, 0.5) is 5.69 Å². The molecule has 2 rings (SSSR count). The third-order valence-electron chi connectivity index (χ3n) is 3.50. The maximum atomic E-state index is 12.1. The van der Waals surface area contributed by atoms with Crippen LogP contribution in [-0.4, -0.2) is 20.9 Å². The molecule has 25 heavy (non-hydrogen) atoms. The summed E-state index contributed by atoms with van der Waals surface area (Å²) in [5.41, 5.74) is 1.81. The molecule has 0 spiro atoms. The zero-order valence-corrected chi connectivity index (χ0v) is 16.6.